The van der Waals surface area contributed by atoms with Crippen LogP contribution in [0.1, 0.15) is 23.5 Å². The van der Waals surface area contributed by atoms with Gasteiger partial charge in [0.1, 0.15) is 6.04 Å². The first kappa shape index (κ1) is 20.5. The molecule has 0 bridgehead atoms. The van der Waals surface area contributed by atoms with Gasteiger partial charge in [-0.15, -0.1) is 0 Å². The molecule has 0 radical (unpaired) electrons. The van der Waals surface area contributed by atoms with Gasteiger partial charge in [-0.1, -0.05) is 60.7 Å². The zero-order valence-electron chi connectivity index (χ0n) is 14.7. The van der Waals surface area contributed by atoms with E-state index >= 15 is 0 Å². The summed E-state index contributed by atoms with van der Waals surface area (Å²) in [6.07, 6.45) is -5.45. The average Bonchev–Trinajstić information content (AvgIpc) is 2.63. The van der Waals surface area contributed by atoms with E-state index in [1.165, 1.54) is 31.3 Å². The Hall–Kier alpha value is -2.83. The summed E-state index contributed by atoms with van der Waals surface area (Å²) < 4.78 is 40.3. The molecule has 2 aromatic carbocycles. The van der Waals surface area contributed by atoms with Crippen LogP contribution < -0.4 is 0 Å². The van der Waals surface area contributed by atoms with Crippen molar-refractivity contribution in [3.8, 4) is 0 Å². The lowest BCUT2D eigenvalue weighted by Gasteiger charge is -2.28. The van der Waals surface area contributed by atoms with E-state index in [1.54, 1.807) is 36.4 Å². The third kappa shape index (κ3) is 5.57. The Labute approximate surface area is 155 Å². The van der Waals surface area contributed by atoms with E-state index in [-0.39, 0.29) is 12.0 Å². The van der Waals surface area contributed by atoms with E-state index in [9.17, 15) is 27.9 Å². The fourth-order valence-corrected chi connectivity index (χ4v) is 2.83. The summed E-state index contributed by atoms with van der Waals surface area (Å²) in [4.78, 5) is 24.9. The van der Waals surface area contributed by atoms with Crippen molar-refractivity contribution in [3.63, 3.8) is 0 Å². The van der Waals surface area contributed by atoms with Crippen molar-refractivity contribution in [2.45, 2.75) is 31.0 Å². The lowest BCUT2D eigenvalue weighted by atomic mass is 9.94. The Morgan fingerprint density at radius 3 is 2.00 bits per heavy atom. The van der Waals surface area contributed by atoms with E-state index in [2.05, 4.69) is 0 Å². The monoisotopic (exact) mass is 379 g/mol. The van der Waals surface area contributed by atoms with Gasteiger partial charge >= 0.3 is 12.1 Å². The topological polar surface area (TPSA) is 57.6 Å². The fourth-order valence-electron chi connectivity index (χ4n) is 2.83. The number of halogens is 3. The first-order valence-electron chi connectivity index (χ1n) is 8.34. The Bertz CT molecular complexity index is 763. The summed E-state index contributed by atoms with van der Waals surface area (Å²) in [5.74, 6) is -4.12. The highest BCUT2D eigenvalue weighted by Gasteiger charge is 2.43. The van der Waals surface area contributed by atoms with Gasteiger partial charge in [0.2, 0.25) is 5.91 Å². The Morgan fingerprint density at radius 1 is 1.00 bits per heavy atom. The van der Waals surface area contributed by atoms with Crippen LogP contribution in [0.25, 0.3) is 0 Å². The number of hydrogen-bond donors (Lipinski definition) is 1. The van der Waals surface area contributed by atoms with E-state index in [1.807, 2.05) is 0 Å². The largest absolute Gasteiger partial charge is 0.480 e. The fraction of sp³-hybridized carbons (Fsp3) is 0.300. The standard InChI is InChI=1S/C20H20F3NO3/c1-24(17(19(26)27)12-14-8-4-2-5-9-14)18(25)13-16(20(21,22)23)15-10-6-3-7-11-15/h2-11,16-17H,12-13H2,1H3,(H,26,27). The highest BCUT2D eigenvalue weighted by atomic mass is 19.4. The molecule has 2 aromatic rings. The zero-order valence-corrected chi connectivity index (χ0v) is 14.7. The van der Waals surface area contributed by atoms with E-state index in [0.29, 0.717) is 5.56 Å². The van der Waals surface area contributed by atoms with E-state index < -0.39 is 36.4 Å². The van der Waals surface area contributed by atoms with Gasteiger partial charge in [0.05, 0.1) is 5.92 Å². The van der Waals surface area contributed by atoms with Crippen LogP contribution in [-0.4, -0.2) is 41.1 Å². The lowest BCUT2D eigenvalue weighted by molar-refractivity contribution is -0.162. The Balaban J connectivity index is 2.18. The number of carbonyl (C=O) groups excluding carboxylic acids is 1. The third-order valence-corrected chi connectivity index (χ3v) is 4.39. The number of benzene rings is 2. The molecule has 4 nitrogen and oxygen atoms in total. The average molecular weight is 379 g/mol. The van der Waals surface area contributed by atoms with Crippen LogP contribution >= 0.6 is 0 Å². The van der Waals surface area contributed by atoms with Crippen LogP contribution in [0.2, 0.25) is 0 Å². The van der Waals surface area contributed by atoms with Gasteiger partial charge in [0.25, 0.3) is 0 Å². The Morgan fingerprint density at radius 2 is 1.52 bits per heavy atom. The first-order valence-corrected chi connectivity index (χ1v) is 8.34. The molecule has 7 heteroatoms. The van der Waals surface area contributed by atoms with E-state index in [0.717, 1.165) is 4.90 Å². The van der Waals surface area contributed by atoms with Crippen molar-refractivity contribution < 1.29 is 27.9 Å². The summed E-state index contributed by atoms with van der Waals surface area (Å²) in [6.45, 7) is 0. The molecule has 2 unspecified atom stereocenters. The van der Waals surface area contributed by atoms with Crippen molar-refractivity contribution in [1.82, 2.24) is 4.90 Å². The molecule has 1 amide bonds. The van der Waals surface area contributed by atoms with Crippen LogP contribution in [0.5, 0.6) is 0 Å². The molecule has 1 N–H and O–H groups in total. The molecular formula is C20H20F3NO3. The number of rotatable bonds is 7. The number of alkyl halides is 3. The van der Waals surface area contributed by atoms with Gasteiger partial charge in [-0.25, -0.2) is 4.79 Å². The van der Waals surface area contributed by atoms with Gasteiger partial charge in [0, 0.05) is 19.9 Å². The minimum Gasteiger partial charge on any atom is -0.480 e. The van der Waals surface area contributed by atoms with Gasteiger partial charge in [0.15, 0.2) is 0 Å². The molecule has 2 rings (SSSR count). The predicted molar refractivity (Wildman–Crippen MR) is 94.2 cm³/mol. The molecule has 144 valence electrons. The second kappa shape index (κ2) is 8.70. The lowest BCUT2D eigenvalue weighted by Crippen LogP contribution is -2.45. The minimum absolute atomic E-state index is 0.0143. The van der Waals surface area contributed by atoms with Gasteiger partial charge < -0.3 is 10.0 Å². The number of carboxylic acid groups (broad SMARTS) is 1. The van der Waals surface area contributed by atoms with E-state index in [4.69, 9.17) is 0 Å². The molecule has 0 aliphatic rings. The first-order chi connectivity index (χ1) is 12.7. The predicted octanol–water partition coefficient (Wildman–Crippen LogP) is 3.88. The SMILES string of the molecule is CN(C(=O)CC(c1ccccc1)C(F)(F)F)C(Cc1ccccc1)C(=O)O. The van der Waals surface area contributed by atoms with Crippen LogP contribution in [-0.2, 0) is 16.0 Å². The maximum Gasteiger partial charge on any atom is 0.396 e. The van der Waals surface area contributed by atoms with Crippen molar-refractivity contribution in [2.75, 3.05) is 7.05 Å². The number of carbonyl (C=O) groups is 2. The molecule has 0 saturated heterocycles. The number of carboxylic acids is 1. The van der Waals surface area contributed by atoms with Gasteiger partial charge in [-0.05, 0) is 11.1 Å². The number of hydrogen-bond acceptors (Lipinski definition) is 2. The minimum atomic E-state index is -4.62. The summed E-state index contributed by atoms with van der Waals surface area (Å²) in [5.41, 5.74) is 0.654. The summed E-state index contributed by atoms with van der Waals surface area (Å²) >= 11 is 0. The van der Waals surface area contributed by atoms with Gasteiger partial charge in [-0.3, -0.25) is 4.79 Å². The molecule has 0 fully saturated rings. The van der Waals surface area contributed by atoms with Crippen LogP contribution in [0.4, 0.5) is 13.2 Å². The summed E-state index contributed by atoms with van der Waals surface area (Å²) in [7, 11) is 1.22. The molecule has 0 heterocycles. The van der Waals surface area contributed by atoms with Crippen LogP contribution in [0, 0.1) is 0 Å². The second-order valence-electron chi connectivity index (χ2n) is 6.26. The molecule has 0 aliphatic carbocycles. The quantitative estimate of drug-likeness (QED) is 0.794. The molecule has 0 spiro atoms. The molecule has 0 aliphatic heterocycles. The smallest absolute Gasteiger partial charge is 0.396 e. The maximum atomic E-state index is 13.4. The number of likely N-dealkylation sites (N-methyl/N-ethyl adjacent to an activating group) is 1. The third-order valence-electron chi connectivity index (χ3n) is 4.39. The number of amides is 1. The van der Waals surface area contributed by atoms with Crippen molar-refractivity contribution in [1.29, 1.82) is 0 Å². The number of nitrogens with zero attached hydrogens (tertiary/aromatic N) is 1. The van der Waals surface area contributed by atoms with Crippen molar-refractivity contribution in [3.05, 3.63) is 71.8 Å². The molecular weight excluding hydrogens is 359 g/mol. The summed E-state index contributed by atoms with van der Waals surface area (Å²) in [6, 6.07) is 14.5. The van der Waals surface area contributed by atoms with Crippen molar-refractivity contribution >= 4 is 11.9 Å². The molecule has 0 aromatic heterocycles. The molecule has 2 atom stereocenters. The maximum absolute atomic E-state index is 13.4. The van der Waals surface area contributed by atoms with Crippen LogP contribution in [0.15, 0.2) is 60.7 Å². The van der Waals surface area contributed by atoms with Gasteiger partial charge in [-0.2, -0.15) is 13.2 Å². The normalized spacial score (nSPS) is 13.6. The van der Waals surface area contributed by atoms with Crippen molar-refractivity contribution in [2.24, 2.45) is 0 Å². The summed E-state index contributed by atoms with van der Waals surface area (Å²) in [5, 5.41) is 9.45. The highest BCUT2D eigenvalue weighted by Crippen LogP contribution is 2.37. The zero-order chi connectivity index (χ0) is 20.0. The van der Waals surface area contributed by atoms with Crippen LogP contribution in [0.3, 0.4) is 0 Å². The Kier molecular flexibility index (Phi) is 6.60. The second-order valence-corrected chi connectivity index (χ2v) is 6.26. The highest BCUT2D eigenvalue weighted by molar-refractivity contribution is 5.84. The molecule has 0 saturated carbocycles. The molecule has 27 heavy (non-hydrogen) atoms. The number of aliphatic carboxylic acids is 1.